The maximum absolute atomic E-state index is 12.1. The highest BCUT2D eigenvalue weighted by Gasteiger charge is 2.12. The Labute approximate surface area is 154 Å². The number of hydrazine groups is 1. The Balaban J connectivity index is 1.94. The Morgan fingerprint density at radius 1 is 0.880 bits per heavy atom. The zero-order valence-corrected chi connectivity index (χ0v) is 14.9. The Hall–Kier alpha value is -2.64. The monoisotopic (exact) mass is 383 g/mol. The molecular weight excluding hydrogens is 369 g/mol. The highest BCUT2D eigenvalue weighted by Crippen LogP contribution is 2.27. The average Bonchev–Trinajstić information content (AvgIpc) is 2.62. The quantitative estimate of drug-likeness (QED) is 0.705. The van der Waals surface area contributed by atoms with Gasteiger partial charge in [-0.2, -0.15) is 0 Å². The average molecular weight is 384 g/mol. The summed E-state index contributed by atoms with van der Waals surface area (Å²) in [6.07, 6.45) is 0. The van der Waals surface area contributed by atoms with E-state index in [4.69, 9.17) is 32.7 Å². The SMILES string of the molecule is COc1ccc(C(=O)NNC(=O)Nc2ccc(Cl)c(Cl)c2)cc1OC. The molecule has 0 saturated heterocycles. The summed E-state index contributed by atoms with van der Waals surface area (Å²) in [6, 6.07) is 8.57. The smallest absolute Gasteiger partial charge is 0.337 e. The number of rotatable bonds is 4. The van der Waals surface area contributed by atoms with Crippen molar-refractivity contribution < 1.29 is 19.1 Å². The third-order valence-corrected chi connectivity index (χ3v) is 3.85. The minimum absolute atomic E-state index is 0.285. The lowest BCUT2D eigenvalue weighted by Crippen LogP contribution is -2.43. The standard InChI is InChI=1S/C16H15Cl2N3O4/c1-24-13-6-3-9(7-14(13)25-2)15(22)20-21-16(23)19-10-4-5-11(17)12(18)8-10/h3-8H,1-2H3,(H,20,22)(H2,19,21,23). The van der Waals surface area contributed by atoms with Crippen molar-refractivity contribution in [3.63, 3.8) is 0 Å². The topological polar surface area (TPSA) is 88.7 Å². The van der Waals surface area contributed by atoms with Crippen LogP contribution >= 0.6 is 23.2 Å². The van der Waals surface area contributed by atoms with Crippen molar-refractivity contribution in [1.29, 1.82) is 0 Å². The summed E-state index contributed by atoms with van der Waals surface area (Å²) in [5.41, 5.74) is 5.22. The molecule has 2 aromatic rings. The molecule has 0 aliphatic heterocycles. The van der Waals surface area contributed by atoms with E-state index >= 15 is 0 Å². The zero-order valence-electron chi connectivity index (χ0n) is 13.4. The molecule has 0 aliphatic rings. The van der Waals surface area contributed by atoms with E-state index in [1.165, 1.54) is 32.4 Å². The zero-order chi connectivity index (χ0) is 18.4. The van der Waals surface area contributed by atoms with Crippen molar-refractivity contribution in [2.45, 2.75) is 0 Å². The molecule has 0 atom stereocenters. The van der Waals surface area contributed by atoms with Crippen molar-refractivity contribution in [3.8, 4) is 11.5 Å². The van der Waals surface area contributed by atoms with E-state index in [0.29, 0.717) is 27.2 Å². The predicted octanol–water partition coefficient (Wildman–Crippen LogP) is 3.48. The van der Waals surface area contributed by atoms with Gasteiger partial charge in [-0.3, -0.25) is 10.2 Å². The van der Waals surface area contributed by atoms with Crippen LogP contribution in [-0.2, 0) is 0 Å². The molecule has 0 saturated carbocycles. The van der Waals surface area contributed by atoms with E-state index in [2.05, 4.69) is 16.2 Å². The molecule has 3 amide bonds. The van der Waals surface area contributed by atoms with Gasteiger partial charge in [0.25, 0.3) is 5.91 Å². The van der Waals surface area contributed by atoms with E-state index in [1.54, 1.807) is 18.2 Å². The van der Waals surface area contributed by atoms with Crippen LogP contribution in [0.5, 0.6) is 11.5 Å². The third-order valence-electron chi connectivity index (χ3n) is 3.11. The number of amides is 3. The van der Waals surface area contributed by atoms with Gasteiger partial charge in [-0.1, -0.05) is 23.2 Å². The molecule has 0 aromatic heterocycles. The molecule has 3 N–H and O–H groups in total. The molecule has 25 heavy (non-hydrogen) atoms. The van der Waals surface area contributed by atoms with E-state index < -0.39 is 11.9 Å². The van der Waals surface area contributed by atoms with E-state index in [-0.39, 0.29) is 5.56 Å². The molecule has 7 nitrogen and oxygen atoms in total. The maximum atomic E-state index is 12.1. The highest BCUT2D eigenvalue weighted by molar-refractivity contribution is 6.42. The number of nitrogens with one attached hydrogen (secondary N) is 3. The number of hydrogen-bond donors (Lipinski definition) is 3. The van der Waals surface area contributed by atoms with Gasteiger partial charge < -0.3 is 14.8 Å². The largest absolute Gasteiger partial charge is 0.493 e. The van der Waals surface area contributed by atoms with E-state index in [9.17, 15) is 9.59 Å². The van der Waals surface area contributed by atoms with E-state index in [0.717, 1.165) is 0 Å². The summed E-state index contributed by atoms with van der Waals surface area (Å²) in [5, 5.41) is 3.17. The van der Waals surface area contributed by atoms with Crippen LogP contribution in [0.3, 0.4) is 0 Å². The lowest BCUT2D eigenvalue weighted by Gasteiger charge is -2.11. The second-order valence-electron chi connectivity index (χ2n) is 4.73. The Bertz CT molecular complexity index is 799. The van der Waals surface area contributed by atoms with E-state index in [1.807, 2.05) is 0 Å². The van der Waals surface area contributed by atoms with Gasteiger partial charge >= 0.3 is 6.03 Å². The molecule has 0 heterocycles. The van der Waals surface area contributed by atoms with Crippen molar-refractivity contribution >= 4 is 40.8 Å². The first-order valence-electron chi connectivity index (χ1n) is 6.99. The van der Waals surface area contributed by atoms with Crippen molar-refractivity contribution in [2.24, 2.45) is 0 Å². The minimum atomic E-state index is -0.646. The lowest BCUT2D eigenvalue weighted by molar-refractivity contribution is 0.0937. The molecule has 0 unspecified atom stereocenters. The number of benzene rings is 2. The van der Waals surface area contributed by atoms with Gasteiger partial charge in [0.05, 0.1) is 24.3 Å². The number of methoxy groups -OCH3 is 2. The fraction of sp³-hybridized carbons (Fsp3) is 0.125. The molecule has 0 aliphatic carbocycles. The Morgan fingerprint density at radius 2 is 1.60 bits per heavy atom. The molecule has 9 heteroatoms. The lowest BCUT2D eigenvalue weighted by atomic mass is 10.2. The van der Waals surface area contributed by atoms with Crippen LogP contribution in [0.1, 0.15) is 10.4 Å². The highest BCUT2D eigenvalue weighted by atomic mass is 35.5. The van der Waals surface area contributed by atoms with Gasteiger partial charge in [0, 0.05) is 11.3 Å². The molecule has 0 bridgehead atoms. The first-order valence-corrected chi connectivity index (χ1v) is 7.74. The van der Waals surface area contributed by atoms with Crippen molar-refractivity contribution in [1.82, 2.24) is 10.9 Å². The molecule has 0 radical (unpaired) electrons. The van der Waals surface area contributed by atoms with Crippen LogP contribution in [0, 0.1) is 0 Å². The fourth-order valence-electron chi connectivity index (χ4n) is 1.90. The maximum Gasteiger partial charge on any atom is 0.337 e. The molecular formula is C16H15Cl2N3O4. The number of hydrogen-bond acceptors (Lipinski definition) is 4. The first kappa shape index (κ1) is 18.7. The molecule has 132 valence electrons. The second-order valence-corrected chi connectivity index (χ2v) is 5.55. The summed E-state index contributed by atoms with van der Waals surface area (Å²) < 4.78 is 10.2. The predicted molar refractivity (Wildman–Crippen MR) is 95.6 cm³/mol. The van der Waals surface area contributed by atoms with Crippen LogP contribution in [0.15, 0.2) is 36.4 Å². The van der Waals surface area contributed by atoms with Crippen LogP contribution in [-0.4, -0.2) is 26.2 Å². The Morgan fingerprint density at radius 3 is 2.24 bits per heavy atom. The fourth-order valence-corrected chi connectivity index (χ4v) is 2.20. The van der Waals surface area contributed by atoms with Crippen molar-refractivity contribution in [3.05, 3.63) is 52.0 Å². The van der Waals surface area contributed by atoms with Gasteiger partial charge in [-0.05, 0) is 36.4 Å². The number of ether oxygens (including phenoxy) is 2. The third kappa shape index (κ3) is 4.91. The van der Waals surface area contributed by atoms with Crippen molar-refractivity contribution in [2.75, 3.05) is 19.5 Å². The summed E-state index contributed by atoms with van der Waals surface area (Å²) in [6.45, 7) is 0. The van der Waals surface area contributed by atoms with Gasteiger partial charge in [0.15, 0.2) is 11.5 Å². The summed E-state index contributed by atoms with van der Waals surface area (Å²) >= 11 is 11.7. The van der Waals surface area contributed by atoms with Crippen LogP contribution in [0.2, 0.25) is 10.0 Å². The molecule has 2 aromatic carbocycles. The second kappa shape index (κ2) is 8.46. The van der Waals surface area contributed by atoms with Gasteiger partial charge in [0.2, 0.25) is 0 Å². The van der Waals surface area contributed by atoms with Gasteiger partial charge in [-0.15, -0.1) is 0 Å². The van der Waals surface area contributed by atoms with Gasteiger partial charge in [-0.25, -0.2) is 10.2 Å². The minimum Gasteiger partial charge on any atom is -0.493 e. The number of carbonyl (C=O) groups is 2. The number of carbonyl (C=O) groups excluding carboxylic acids is 2. The molecule has 2 rings (SSSR count). The van der Waals surface area contributed by atoms with Crippen LogP contribution in [0.4, 0.5) is 10.5 Å². The number of anilines is 1. The molecule has 0 fully saturated rings. The number of urea groups is 1. The Kier molecular flexibility index (Phi) is 6.32. The van der Waals surface area contributed by atoms with Gasteiger partial charge in [0.1, 0.15) is 0 Å². The number of halogens is 2. The first-order chi connectivity index (χ1) is 11.9. The molecule has 0 spiro atoms. The summed E-state index contributed by atoms with van der Waals surface area (Å²) in [5.74, 6) is 0.366. The van der Waals surface area contributed by atoms with Crippen LogP contribution in [0.25, 0.3) is 0 Å². The summed E-state index contributed by atoms with van der Waals surface area (Å²) in [7, 11) is 2.95. The normalized spacial score (nSPS) is 9.92. The van der Waals surface area contributed by atoms with Crippen LogP contribution < -0.4 is 25.6 Å². The summed E-state index contributed by atoms with van der Waals surface area (Å²) in [4.78, 5) is 23.9.